The normalized spacial score (nSPS) is 12.7. The van der Waals surface area contributed by atoms with Crippen LogP contribution in [-0.2, 0) is 0 Å². The molecule has 1 aromatic rings. The Morgan fingerprint density at radius 2 is 1.93 bits per heavy atom. The number of nitrogens with one attached hydrogen (secondary N) is 1. The van der Waals surface area contributed by atoms with Crippen LogP contribution in [0.3, 0.4) is 0 Å². The monoisotopic (exact) mass is 227 g/mol. The number of rotatable bonds is 4. The van der Waals surface area contributed by atoms with Crippen LogP contribution < -0.4 is 10.1 Å². The van der Waals surface area contributed by atoms with E-state index in [9.17, 15) is 0 Å². The lowest BCUT2D eigenvalue weighted by Gasteiger charge is -2.19. The number of methoxy groups -OCH3 is 1. The molecule has 0 radical (unpaired) electrons. The predicted octanol–water partition coefficient (Wildman–Crippen LogP) is 3.81. The molecule has 1 rings (SSSR count). The number of anilines is 1. The number of halogens is 1. The molecule has 1 N–H and O–H groups in total. The van der Waals surface area contributed by atoms with Crippen LogP contribution in [0.15, 0.2) is 18.2 Å². The molecule has 0 spiro atoms. The van der Waals surface area contributed by atoms with Crippen molar-refractivity contribution in [2.75, 3.05) is 12.4 Å². The van der Waals surface area contributed by atoms with Gasteiger partial charge in [0.2, 0.25) is 0 Å². The third-order valence-corrected chi connectivity index (χ3v) is 2.84. The van der Waals surface area contributed by atoms with E-state index in [1.54, 1.807) is 7.11 Å². The van der Waals surface area contributed by atoms with E-state index in [4.69, 9.17) is 16.3 Å². The standard InChI is InChI=1S/C12H18ClNO/c1-8(2)9(3)14-10-5-6-12(15-4)11(13)7-10/h5-9,14H,1-4H3. The maximum Gasteiger partial charge on any atom is 0.137 e. The topological polar surface area (TPSA) is 21.3 Å². The second-order valence-electron chi connectivity index (χ2n) is 4.03. The van der Waals surface area contributed by atoms with Gasteiger partial charge < -0.3 is 10.1 Å². The molecule has 15 heavy (non-hydrogen) atoms. The van der Waals surface area contributed by atoms with Crippen molar-refractivity contribution in [3.05, 3.63) is 23.2 Å². The van der Waals surface area contributed by atoms with Crippen LogP contribution in [0.1, 0.15) is 20.8 Å². The summed E-state index contributed by atoms with van der Waals surface area (Å²) >= 11 is 6.03. The van der Waals surface area contributed by atoms with Gasteiger partial charge in [0.05, 0.1) is 12.1 Å². The van der Waals surface area contributed by atoms with Crippen molar-refractivity contribution in [3.8, 4) is 5.75 Å². The Balaban J connectivity index is 2.75. The summed E-state index contributed by atoms with van der Waals surface area (Å²) in [7, 11) is 1.62. The minimum Gasteiger partial charge on any atom is -0.495 e. The summed E-state index contributed by atoms with van der Waals surface area (Å²) in [6.45, 7) is 6.52. The average Bonchev–Trinajstić information content (AvgIpc) is 2.18. The Morgan fingerprint density at radius 1 is 1.27 bits per heavy atom. The highest BCUT2D eigenvalue weighted by Crippen LogP contribution is 2.27. The zero-order valence-corrected chi connectivity index (χ0v) is 10.4. The molecule has 0 aliphatic heterocycles. The van der Waals surface area contributed by atoms with Crippen molar-refractivity contribution in [3.63, 3.8) is 0 Å². The molecule has 1 unspecified atom stereocenters. The van der Waals surface area contributed by atoms with Crippen LogP contribution in [-0.4, -0.2) is 13.2 Å². The van der Waals surface area contributed by atoms with E-state index in [0.717, 1.165) is 5.69 Å². The highest BCUT2D eigenvalue weighted by atomic mass is 35.5. The SMILES string of the molecule is COc1ccc(NC(C)C(C)C)cc1Cl. The van der Waals surface area contributed by atoms with Gasteiger partial charge in [-0.25, -0.2) is 0 Å². The van der Waals surface area contributed by atoms with Crippen molar-refractivity contribution < 1.29 is 4.74 Å². The zero-order valence-electron chi connectivity index (χ0n) is 9.67. The maximum atomic E-state index is 6.03. The summed E-state index contributed by atoms with van der Waals surface area (Å²) in [6, 6.07) is 6.16. The van der Waals surface area contributed by atoms with Gasteiger partial charge in [-0.2, -0.15) is 0 Å². The van der Waals surface area contributed by atoms with Crippen LogP contribution >= 0.6 is 11.6 Å². The largest absolute Gasteiger partial charge is 0.495 e. The Morgan fingerprint density at radius 3 is 2.40 bits per heavy atom. The van der Waals surface area contributed by atoms with E-state index in [2.05, 4.69) is 26.1 Å². The summed E-state index contributed by atoms with van der Waals surface area (Å²) in [5, 5.41) is 4.03. The van der Waals surface area contributed by atoms with E-state index in [-0.39, 0.29) is 0 Å². The summed E-state index contributed by atoms with van der Waals surface area (Å²) in [5.41, 5.74) is 1.03. The molecule has 0 heterocycles. The Hall–Kier alpha value is -0.890. The molecular formula is C12H18ClNO. The molecule has 0 saturated carbocycles. The van der Waals surface area contributed by atoms with E-state index in [1.807, 2.05) is 18.2 Å². The van der Waals surface area contributed by atoms with Gasteiger partial charge in [0, 0.05) is 11.7 Å². The van der Waals surface area contributed by atoms with Gasteiger partial charge in [0.15, 0.2) is 0 Å². The molecule has 1 aromatic carbocycles. The van der Waals surface area contributed by atoms with Gasteiger partial charge in [-0.3, -0.25) is 0 Å². The molecule has 0 fully saturated rings. The van der Waals surface area contributed by atoms with Gasteiger partial charge in [-0.1, -0.05) is 25.4 Å². The van der Waals surface area contributed by atoms with Crippen LogP contribution in [0.25, 0.3) is 0 Å². The first-order valence-electron chi connectivity index (χ1n) is 5.14. The molecular weight excluding hydrogens is 210 g/mol. The highest BCUT2D eigenvalue weighted by Gasteiger charge is 2.07. The van der Waals surface area contributed by atoms with Crippen molar-refractivity contribution in [2.45, 2.75) is 26.8 Å². The first-order chi connectivity index (χ1) is 7.04. The number of ether oxygens (including phenoxy) is 1. The number of hydrogen-bond donors (Lipinski definition) is 1. The van der Waals surface area contributed by atoms with E-state index >= 15 is 0 Å². The van der Waals surface area contributed by atoms with E-state index in [0.29, 0.717) is 22.7 Å². The molecule has 1 atom stereocenters. The van der Waals surface area contributed by atoms with Crippen molar-refractivity contribution in [2.24, 2.45) is 5.92 Å². The summed E-state index contributed by atoms with van der Waals surface area (Å²) in [6.07, 6.45) is 0. The fourth-order valence-corrected chi connectivity index (χ4v) is 1.44. The molecule has 0 aliphatic rings. The fraction of sp³-hybridized carbons (Fsp3) is 0.500. The third kappa shape index (κ3) is 3.31. The maximum absolute atomic E-state index is 6.03. The second-order valence-corrected chi connectivity index (χ2v) is 4.43. The predicted molar refractivity (Wildman–Crippen MR) is 65.9 cm³/mol. The highest BCUT2D eigenvalue weighted by molar-refractivity contribution is 6.32. The second kappa shape index (κ2) is 5.26. The molecule has 0 bridgehead atoms. The van der Waals surface area contributed by atoms with Gasteiger partial charge in [0.1, 0.15) is 5.75 Å². The van der Waals surface area contributed by atoms with Crippen LogP contribution in [0.4, 0.5) is 5.69 Å². The zero-order chi connectivity index (χ0) is 11.4. The summed E-state index contributed by atoms with van der Waals surface area (Å²) in [5.74, 6) is 1.30. The van der Waals surface area contributed by atoms with Gasteiger partial charge in [0.25, 0.3) is 0 Å². The van der Waals surface area contributed by atoms with Crippen molar-refractivity contribution in [1.29, 1.82) is 0 Å². The van der Waals surface area contributed by atoms with Crippen LogP contribution in [0.2, 0.25) is 5.02 Å². The lowest BCUT2D eigenvalue weighted by Crippen LogP contribution is -2.21. The number of hydrogen-bond acceptors (Lipinski definition) is 2. The average molecular weight is 228 g/mol. The van der Waals surface area contributed by atoms with Crippen LogP contribution in [0.5, 0.6) is 5.75 Å². The summed E-state index contributed by atoms with van der Waals surface area (Å²) < 4.78 is 5.09. The first-order valence-corrected chi connectivity index (χ1v) is 5.52. The molecule has 0 saturated heterocycles. The van der Waals surface area contributed by atoms with Crippen molar-refractivity contribution in [1.82, 2.24) is 0 Å². The Bertz CT molecular complexity index is 325. The van der Waals surface area contributed by atoms with Crippen molar-refractivity contribution >= 4 is 17.3 Å². The molecule has 0 aliphatic carbocycles. The molecule has 0 aromatic heterocycles. The van der Waals surface area contributed by atoms with Gasteiger partial charge >= 0.3 is 0 Å². The lowest BCUT2D eigenvalue weighted by molar-refractivity contribution is 0.415. The first kappa shape index (κ1) is 12.2. The van der Waals surface area contributed by atoms with E-state index in [1.165, 1.54) is 0 Å². The molecule has 84 valence electrons. The number of benzene rings is 1. The van der Waals surface area contributed by atoms with Gasteiger partial charge in [-0.15, -0.1) is 0 Å². The minimum atomic E-state index is 0.425. The van der Waals surface area contributed by atoms with Gasteiger partial charge in [-0.05, 0) is 31.0 Å². The Kier molecular flexibility index (Phi) is 4.28. The molecule has 2 nitrogen and oxygen atoms in total. The lowest BCUT2D eigenvalue weighted by atomic mass is 10.1. The minimum absolute atomic E-state index is 0.425. The fourth-order valence-electron chi connectivity index (χ4n) is 1.19. The molecule has 0 amide bonds. The smallest absolute Gasteiger partial charge is 0.137 e. The Labute approximate surface area is 96.6 Å². The quantitative estimate of drug-likeness (QED) is 0.845. The van der Waals surface area contributed by atoms with Crippen LogP contribution in [0, 0.1) is 5.92 Å². The molecule has 3 heteroatoms. The summed E-state index contributed by atoms with van der Waals surface area (Å²) in [4.78, 5) is 0. The third-order valence-electron chi connectivity index (χ3n) is 2.55. The van der Waals surface area contributed by atoms with E-state index < -0.39 is 0 Å².